The standard InChI is InChI=1S/C18H13ClF3N3OS/c1-10-2-3-11(7-14(10)19)6-13-9-24-17(27-13)25-16(26)12-4-5-15(23-8-12)18(20,21)22/h2-5,7-9H,6H2,1H3,(H,24,25,26). The van der Waals surface area contributed by atoms with Gasteiger partial charge in [-0.2, -0.15) is 13.2 Å². The second-order valence-electron chi connectivity index (χ2n) is 5.78. The summed E-state index contributed by atoms with van der Waals surface area (Å²) in [5, 5.41) is 3.60. The number of aromatic nitrogens is 2. The van der Waals surface area contributed by atoms with Crippen molar-refractivity contribution >= 4 is 34.0 Å². The average Bonchev–Trinajstić information content (AvgIpc) is 3.04. The molecule has 0 radical (unpaired) electrons. The fourth-order valence-corrected chi connectivity index (χ4v) is 3.30. The van der Waals surface area contributed by atoms with Gasteiger partial charge in [-0.15, -0.1) is 11.3 Å². The smallest absolute Gasteiger partial charge is 0.298 e. The molecule has 0 saturated heterocycles. The third-order valence-corrected chi connectivity index (χ3v) is 5.02. The van der Waals surface area contributed by atoms with Crippen LogP contribution in [0.25, 0.3) is 0 Å². The van der Waals surface area contributed by atoms with Crippen LogP contribution in [-0.4, -0.2) is 15.9 Å². The first-order valence-corrected chi connectivity index (χ1v) is 8.96. The van der Waals surface area contributed by atoms with Gasteiger partial charge in [0.05, 0.1) is 5.56 Å². The van der Waals surface area contributed by atoms with Crippen molar-refractivity contribution in [3.8, 4) is 0 Å². The van der Waals surface area contributed by atoms with Crippen LogP contribution >= 0.6 is 22.9 Å². The van der Waals surface area contributed by atoms with Gasteiger partial charge in [0.25, 0.3) is 5.91 Å². The van der Waals surface area contributed by atoms with Crippen LogP contribution in [0.1, 0.15) is 32.1 Å². The van der Waals surface area contributed by atoms with Gasteiger partial charge in [-0.1, -0.05) is 23.7 Å². The Kier molecular flexibility index (Phi) is 5.48. The summed E-state index contributed by atoms with van der Waals surface area (Å²) in [6.45, 7) is 1.92. The molecule has 140 valence electrons. The summed E-state index contributed by atoms with van der Waals surface area (Å²) in [5.41, 5.74) is 0.972. The summed E-state index contributed by atoms with van der Waals surface area (Å²) in [6.07, 6.45) is -1.41. The lowest BCUT2D eigenvalue weighted by atomic mass is 10.1. The normalized spacial score (nSPS) is 11.4. The van der Waals surface area contributed by atoms with Gasteiger partial charge >= 0.3 is 6.18 Å². The minimum absolute atomic E-state index is 0.0186. The molecule has 0 aliphatic rings. The third-order valence-electron chi connectivity index (χ3n) is 3.70. The van der Waals surface area contributed by atoms with Gasteiger partial charge in [0.15, 0.2) is 5.13 Å². The number of halogens is 4. The summed E-state index contributed by atoms with van der Waals surface area (Å²) in [6, 6.07) is 7.62. The van der Waals surface area contributed by atoms with Gasteiger partial charge in [-0.05, 0) is 36.2 Å². The SMILES string of the molecule is Cc1ccc(Cc2cnc(NC(=O)c3ccc(C(F)(F)F)nc3)s2)cc1Cl. The van der Waals surface area contributed by atoms with E-state index >= 15 is 0 Å². The number of nitrogens with zero attached hydrogens (tertiary/aromatic N) is 2. The lowest BCUT2D eigenvalue weighted by Gasteiger charge is -2.06. The van der Waals surface area contributed by atoms with Crippen molar-refractivity contribution in [2.45, 2.75) is 19.5 Å². The van der Waals surface area contributed by atoms with Gasteiger partial charge in [0.1, 0.15) is 5.69 Å². The molecule has 0 aliphatic heterocycles. The summed E-state index contributed by atoms with van der Waals surface area (Å²) in [4.78, 5) is 20.5. The minimum Gasteiger partial charge on any atom is -0.298 e. The van der Waals surface area contributed by atoms with Crippen LogP contribution in [-0.2, 0) is 12.6 Å². The lowest BCUT2D eigenvalue weighted by molar-refractivity contribution is -0.141. The van der Waals surface area contributed by atoms with Crippen molar-refractivity contribution in [2.24, 2.45) is 0 Å². The number of aryl methyl sites for hydroxylation is 1. The Balaban J connectivity index is 1.66. The third kappa shape index (κ3) is 4.84. The fourth-order valence-electron chi connectivity index (χ4n) is 2.26. The van der Waals surface area contributed by atoms with Gasteiger partial charge < -0.3 is 0 Å². The van der Waals surface area contributed by atoms with E-state index in [4.69, 9.17) is 11.6 Å². The van der Waals surface area contributed by atoms with E-state index in [1.165, 1.54) is 11.3 Å². The minimum atomic E-state index is -4.54. The maximum atomic E-state index is 12.5. The first-order valence-electron chi connectivity index (χ1n) is 7.77. The summed E-state index contributed by atoms with van der Waals surface area (Å²) in [5.74, 6) is -0.574. The topological polar surface area (TPSA) is 54.9 Å². The van der Waals surface area contributed by atoms with Crippen LogP contribution in [0.3, 0.4) is 0 Å². The number of hydrogen-bond donors (Lipinski definition) is 1. The lowest BCUT2D eigenvalue weighted by Crippen LogP contribution is -2.14. The Bertz CT molecular complexity index is 971. The Labute approximate surface area is 162 Å². The molecule has 0 aliphatic carbocycles. The number of rotatable bonds is 4. The van der Waals surface area contributed by atoms with Gasteiger partial charge in [0, 0.05) is 28.7 Å². The van der Waals surface area contributed by atoms with Crippen LogP contribution in [0.5, 0.6) is 0 Å². The van der Waals surface area contributed by atoms with E-state index in [9.17, 15) is 18.0 Å². The molecular weight excluding hydrogens is 399 g/mol. The van der Waals surface area contributed by atoms with Crippen LogP contribution in [0.4, 0.5) is 18.3 Å². The van der Waals surface area contributed by atoms with Crippen molar-refractivity contribution in [3.05, 3.63) is 75.0 Å². The van der Waals surface area contributed by atoms with Crippen molar-refractivity contribution in [3.63, 3.8) is 0 Å². The summed E-state index contributed by atoms with van der Waals surface area (Å²) >= 11 is 7.40. The molecular formula is C18H13ClF3N3OS. The Hall–Kier alpha value is -2.45. The van der Waals surface area contributed by atoms with Gasteiger partial charge in [-0.3, -0.25) is 15.1 Å². The first kappa shape index (κ1) is 19.3. The molecule has 1 N–H and O–H groups in total. The number of benzene rings is 1. The molecule has 0 unspecified atom stereocenters. The van der Waals surface area contributed by atoms with Crippen molar-refractivity contribution in [2.75, 3.05) is 5.32 Å². The number of amides is 1. The number of thiazole rings is 1. The molecule has 0 atom stereocenters. The van der Waals surface area contributed by atoms with Crippen molar-refractivity contribution in [1.82, 2.24) is 9.97 Å². The number of pyridine rings is 1. The van der Waals surface area contributed by atoms with E-state index in [0.29, 0.717) is 16.6 Å². The van der Waals surface area contributed by atoms with Gasteiger partial charge in [0.2, 0.25) is 0 Å². The molecule has 0 spiro atoms. The number of hydrogen-bond acceptors (Lipinski definition) is 4. The predicted molar refractivity (Wildman–Crippen MR) is 98.3 cm³/mol. The number of carbonyl (C=O) groups excluding carboxylic acids is 1. The fraction of sp³-hybridized carbons (Fsp3) is 0.167. The second kappa shape index (κ2) is 7.66. The largest absolute Gasteiger partial charge is 0.433 e. The molecule has 2 aromatic heterocycles. The highest BCUT2D eigenvalue weighted by molar-refractivity contribution is 7.15. The Morgan fingerprint density at radius 1 is 1.19 bits per heavy atom. The van der Waals surface area contributed by atoms with E-state index in [2.05, 4.69) is 15.3 Å². The monoisotopic (exact) mass is 411 g/mol. The zero-order chi connectivity index (χ0) is 19.6. The number of nitrogens with one attached hydrogen (secondary N) is 1. The summed E-state index contributed by atoms with van der Waals surface area (Å²) < 4.78 is 37.5. The highest BCUT2D eigenvalue weighted by atomic mass is 35.5. The zero-order valence-corrected chi connectivity index (χ0v) is 15.5. The molecule has 1 amide bonds. The van der Waals surface area contributed by atoms with E-state index in [0.717, 1.165) is 34.3 Å². The zero-order valence-electron chi connectivity index (χ0n) is 14.0. The first-order chi connectivity index (χ1) is 12.7. The molecule has 1 aromatic carbocycles. The van der Waals surface area contributed by atoms with E-state index in [1.807, 2.05) is 25.1 Å². The van der Waals surface area contributed by atoms with E-state index in [1.54, 1.807) is 6.20 Å². The van der Waals surface area contributed by atoms with Crippen LogP contribution in [0.2, 0.25) is 5.02 Å². The van der Waals surface area contributed by atoms with E-state index < -0.39 is 17.8 Å². The molecule has 9 heteroatoms. The molecule has 0 fully saturated rings. The maximum absolute atomic E-state index is 12.5. The maximum Gasteiger partial charge on any atom is 0.433 e. The Morgan fingerprint density at radius 2 is 1.96 bits per heavy atom. The predicted octanol–water partition coefficient (Wildman–Crippen LogP) is 5.36. The van der Waals surface area contributed by atoms with E-state index in [-0.39, 0.29) is 5.56 Å². The molecule has 27 heavy (non-hydrogen) atoms. The average molecular weight is 412 g/mol. The number of alkyl halides is 3. The van der Waals surface area contributed by atoms with Crippen LogP contribution in [0.15, 0.2) is 42.7 Å². The second-order valence-corrected chi connectivity index (χ2v) is 7.30. The summed E-state index contributed by atoms with van der Waals surface area (Å²) in [7, 11) is 0. The molecule has 3 aromatic rings. The van der Waals surface area contributed by atoms with Crippen LogP contribution < -0.4 is 5.32 Å². The Morgan fingerprint density at radius 3 is 2.59 bits per heavy atom. The highest BCUT2D eigenvalue weighted by Crippen LogP contribution is 2.27. The molecule has 4 nitrogen and oxygen atoms in total. The van der Waals surface area contributed by atoms with Crippen molar-refractivity contribution < 1.29 is 18.0 Å². The number of anilines is 1. The molecule has 3 rings (SSSR count). The molecule has 2 heterocycles. The quantitative estimate of drug-likeness (QED) is 0.628. The highest BCUT2D eigenvalue weighted by Gasteiger charge is 2.32. The van der Waals surface area contributed by atoms with Gasteiger partial charge in [-0.25, -0.2) is 4.98 Å². The molecule has 0 bridgehead atoms. The van der Waals surface area contributed by atoms with Crippen LogP contribution in [0, 0.1) is 6.92 Å². The van der Waals surface area contributed by atoms with Crippen molar-refractivity contribution in [1.29, 1.82) is 0 Å². The molecule has 0 saturated carbocycles. The number of carbonyl (C=O) groups is 1.